The Morgan fingerprint density at radius 1 is 1.33 bits per heavy atom. The van der Waals surface area contributed by atoms with E-state index in [2.05, 4.69) is 29.2 Å². The number of piperidine rings is 1. The number of ether oxygens (including phenoxy) is 1. The lowest BCUT2D eigenvalue weighted by Crippen LogP contribution is -2.45. The van der Waals surface area contributed by atoms with Gasteiger partial charge in [0.15, 0.2) is 0 Å². The summed E-state index contributed by atoms with van der Waals surface area (Å²) in [6, 6.07) is 10.9. The lowest BCUT2D eigenvalue weighted by atomic mass is 9.98. The molecule has 0 radical (unpaired) electrons. The molecule has 0 N–H and O–H groups in total. The van der Waals surface area contributed by atoms with E-state index in [1.54, 1.807) is 0 Å². The van der Waals surface area contributed by atoms with Gasteiger partial charge in [0.25, 0.3) is 0 Å². The maximum atomic E-state index is 11.9. The first-order valence-electron chi connectivity index (χ1n) is 6.67. The molecule has 2 bridgehead atoms. The smallest absolute Gasteiger partial charge is 0.323 e. The zero-order valence-corrected chi connectivity index (χ0v) is 10.7. The second-order valence-electron chi connectivity index (χ2n) is 5.35. The first kappa shape index (κ1) is 11.7. The number of benzene rings is 1. The highest BCUT2D eigenvalue weighted by molar-refractivity contribution is 5.76. The molecule has 1 aromatic carbocycles. The van der Waals surface area contributed by atoms with Gasteiger partial charge in [-0.2, -0.15) is 0 Å². The molecule has 0 spiro atoms. The molecule has 2 fully saturated rings. The van der Waals surface area contributed by atoms with E-state index in [4.69, 9.17) is 4.74 Å². The summed E-state index contributed by atoms with van der Waals surface area (Å²) in [6.45, 7) is 0.863. The number of fused-ring (bicyclic) bond motifs is 2. The van der Waals surface area contributed by atoms with E-state index in [-0.39, 0.29) is 12.0 Å². The van der Waals surface area contributed by atoms with Crippen molar-refractivity contribution in [1.82, 2.24) is 4.90 Å². The summed E-state index contributed by atoms with van der Waals surface area (Å²) in [5.74, 6) is 0.448. The number of methoxy groups -OCH3 is 1. The van der Waals surface area contributed by atoms with Crippen molar-refractivity contribution in [1.29, 1.82) is 0 Å². The maximum Gasteiger partial charge on any atom is 0.323 e. The summed E-state index contributed by atoms with van der Waals surface area (Å²) < 4.78 is 4.97. The van der Waals surface area contributed by atoms with E-state index in [1.807, 2.05) is 6.07 Å². The minimum atomic E-state index is -0.0573. The van der Waals surface area contributed by atoms with Crippen LogP contribution in [0.25, 0.3) is 0 Å². The molecule has 3 heteroatoms. The van der Waals surface area contributed by atoms with E-state index >= 15 is 0 Å². The number of rotatable bonds is 3. The molecular formula is C15H19NO2. The van der Waals surface area contributed by atoms with Gasteiger partial charge in [-0.15, -0.1) is 0 Å². The molecule has 1 heterocycles. The van der Waals surface area contributed by atoms with E-state index in [0.29, 0.717) is 12.0 Å². The number of esters is 1. The van der Waals surface area contributed by atoms with Gasteiger partial charge in [0.2, 0.25) is 0 Å². The Balaban J connectivity index is 1.79. The molecule has 0 aromatic heterocycles. The normalized spacial score (nSPS) is 30.6. The molecule has 3 atom stereocenters. The third-order valence-electron chi connectivity index (χ3n) is 4.37. The zero-order valence-electron chi connectivity index (χ0n) is 10.7. The van der Waals surface area contributed by atoms with Crippen molar-refractivity contribution in [2.45, 2.75) is 37.9 Å². The van der Waals surface area contributed by atoms with Gasteiger partial charge in [0.05, 0.1) is 7.11 Å². The Hall–Kier alpha value is -1.35. The van der Waals surface area contributed by atoms with Crippen LogP contribution >= 0.6 is 0 Å². The topological polar surface area (TPSA) is 29.5 Å². The molecule has 18 heavy (non-hydrogen) atoms. The largest absolute Gasteiger partial charge is 0.468 e. The predicted molar refractivity (Wildman–Crippen MR) is 68.9 cm³/mol. The van der Waals surface area contributed by atoms with Gasteiger partial charge in [-0.25, -0.2) is 0 Å². The van der Waals surface area contributed by atoms with Gasteiger partial charge in [-0.05, 0) is 30.7 Å². The predicted octanol–water partition coefficient (Wildman–Crippen LogP) is 2.21. The van der Waals surface area contributed by atoms with E-state index < -0.39 is 0 Å². The highest BCUT2D eigenvalue weighted by atomic mass is 16.5. The van der Waals surface area contributed by atoms with E-state index in [0.717, 1.165) is 13.0 Å². The van der Waals surface area contributed by atoms with Crippen molar-refractivity contribution >= 4 is 5.97 Å². The molecule has 3 nitrogen and oxygen atoms in total. The average molecular weight is 245 g/mol. The summed E-state index contributed by atoms with van der Waals surface area (Å²) in [7, 11) is 1.50. The van der Waals surface area contributed by atoms with E-state index in [1.165, 1.54) is 25.5 Å². The minimum absolute atomic E-state index is 0.0195. The molecule has 1 aromatic rings. The highest BCUT2D eigenvalue weighted by Gasteiger charge is 2.49. The molecule has 1 aliphatic carbocycles. The van der Waals surface area contributed by atoms with Crippen molar-refractivity contribution in [2.75, 3.05) is 7.11 Å². The van der Waals surface area contributed by atoms with Crippen LogP contribution in [0.1, 0.15) is 24.8 Å². The van der Waals surface area contributed by atoms with Crippen LogP contribution in [-0.2, 0) is 16.1 Å². The van der Waals surface area contributed by atoms with Gasteiger partial charge >= 0.3 is 5.97 Å². The van der Waals surface area contributed by atoms with Gasteiger partial charge in [-0.1, -0.05) is 30.3 Å². The van der Waals surface area contributed by atoms with Gasteiger partial charge in [0.1, 0.15) is 6.04 Å². The molecule has 3 rings (SSSR count). The van der Waals surface area contributed by atoms with Crippen LogP contribution in [0.5, 0.6) is 0 Å². The molecule has 1 saturated heterocycles. The lowest BCUT2D eigenvalue weighted by Gasteiger charge is -2.33. The van der Waals surface area contributed by atoms with Crippen LogP contribution in [0.4, 0.5) is 0 Å². The molecule has 0 unspecified atom stereocenters. The number of nitrogens with zero attached hydrogens (tertiary/aromatic N) is 1. The van der Waals surface area contributed by atoms with Gasteiger partial charge < -0.3 is 4.74 Å². The summed E-state index contributed by atoms with van der Waals surface area (Å²) >= 11 is 0. The summed E-state index contributed by atoms with van der Waals surface area (Å²) in [4.78, 5) is 14.3. The fraction of sp³-hybridized carbons (Fsp3) is 0.533. The Bertz CT molecular complexity index is 431. The molecule has 0 amide bonds. The summed E-state index contributed by atoms with van der Waals surface area (Å²) in [6.07, 6.45) is 3.56. The van der Waals surface area contributed by atoms with Crippen molar-refractivity contribution in [3.05, 3.63) is 35.9 Å². The SMILES string of the molecule is COC(=O)[C@H]1[C@@H]2CC[C@@H](C2)N1Cc1ccccc1. The quantitative estimate of drug-likeness (QED) is 0.765. The second-order valence-corrected chi connectivity index (χ2v) is 5.35. The first-order valence-corrected chi connectivity index (χ1v) is 6.67. The van der Waals surface area contributed by atoms with E-state index in [9.17, 15) is 4.79 Å². The second kappa shape index (κ2) is 4.73. The van der Waals surface area contributed by atoms with Crippen LogP contribution in [0.15, 0.2) is 30.3 Å². The Kier molecular flexibility index (Phi) is 3.08. The zero-order chi connectivity index (χ0) is 12.5. The standard InChI is InChI=1S/C15H19NO2/c1-18-15(17)14-12-7-8-13(9-12)16(14)10-11-5-3-2-4-6-11/h2-6,12-14H,7-10H2,1H3/t12-,13+,14-/m1/s1. The molecular weight excluding hydrogens is 226 g/mol. The van der Waals surface area contributed by atoms with Gasteiger partial charge in [0, 0.05) is 12.6 Å². The lowest BCUT2D eigenvalue weighted by molar-refractivity contribution is -0.149. The highest BCUT2D eigenvalue weighted by Crippen LogP contribution is 2.43. The Morgan fingerprint density at radius 2 is 2.11 bits per heavy atom. The molecule has 96 valence electrons. The average Bonchev–Trinajstić information content (AvgIpc) is 3.00. The fourth-order valence-electron chi connectivity index (χ4n) is 3.55. The molecule has 1 aliphatic heterocycles. The van der Waals surface area contributed by atoms with Crippen molar-refractivity contribution in [2.24, 2.45) is 5.92 Å². The minimum Gasteiger partial charge on any atom is -0.468 e. The number of hydrogen-bond donors (Lipinski definition) is 0. The van der Waals surface area contributed by atoms with Crippen molar-refractivity contribution in [3.8, 4) is 0 Å². The summed E-state index contributed by atoms with van der Waals surface area (Å²) in [5, 5.41) is 0. The maximum absolute atomic E-state index is 11.9. The fourth-order valence-corrected chi connectivity index (χ4v) is 3.55. The Labute approximate surface area is 108 Å². The van der Waals surface area contributed by atoms with Crippen molar-refractivity contribution in [3.63, 3.8) is 0 Å². The van der Waals surface area contributed by atoms with Crippen molar-refractivity contribution < 1.29 is 9.53 Å². The third kappa shape index (κ3) is 1.93. The van der Waals surface area contributed by atoms with Gasteiger partial charge in [-0.3, -0.25) is 9.69 Å². The number of carbonyl (C=O) groups is 1. The number of hydrogen-bond acceptors (Lipinski definition) is 3. The Morgan fingerprint density at radius 3 is 2.83 bits per heavy atom. The van der Waals surface area contributed by atoms with Crippen LogP contribution in [0, 0.1) is 5.92 Å². The molecule has 2 aliphatic rings. The first-order chi connectivity index (χ1) is 8.79. The molecule has 1 saturated carbocycles. The monoisotopic (exact) mass is 245 g/mol. The number of carbonyl (C=O) groups excluding carboxylic acids is 1. The summed E-state index contributed by atoms with van der Waals surface area (Å²) in [5.41, 5.74) is 1.28. The van der Waals surface area contributed by atoms with Crippen LogP contribution in [0.2, 0.25) is 0 Å². The van der Waals surface area contributed by atoms with Crippen LogP contribution in [-0.4, -0.2) is 30.1 Å². The van der Waals surface area contributed by atoms with Crippen LogP contribution < -0.4 is 0 Å². The number of likely N-dealkylation sites (tertiary alicyclic amines) is 1. The van der Waals surface area contributed by atoms with Crippen LogP contribution in [0.3, 0.4) is 0 Å². The third-order valence-corrected chi connectivity index (χ3v) is 4.37.